The van der Waals surface area contributed by atoms with E-state index in [1.165, 1.54) is 12.1 Å². The molecule has 1 fully saturated rings. The maximum Gasteiger partial charge on any atom is 0.326 e. The summed E-state index contributed by atoms with van der Waals surface area (Å²) in [5.74, 6) is -2.79. The highest BCUT2D eigenvalue weighted by Crippen LogP contribution is 2.11. The molecule has 1 heterocycles. The molecule has 3 unspecified atom stereocenters. The first kappa shape index (κ1) is 24.1. The molecule has 0 radical (unpaired) electrons. The summed E-state index contributed by atoms with van der Waals surface area (Å²) in [4.78, 5) is 48.5. The van der Waals surface area contributed by atoms with E-state index in [4.69, 9.17) is 0 Å². The lowest BCUT2D eigenvalue weighted by Gasteiger charge is -2.23. The van der Waals surface area contributed by atoms with Crippen LogP contribution in [0, 0.1) is 5.92 Å². The van der Waals surface area contributed by atoms with Gasteiger partial charge in [0, 0.05) is 6.42 Å². The van der Waals surface area contributed by atoms with Gasteiger partial charge in [-0.05, 0) is 43.0 Å². The van der Waals surface area contributed by atoms with Crippen LogP contribution in [0.15, 0.2) is 24.3 Å². The lowest BCUT2D eigenvalue weighted by Crippen LogP contribution is -2.55. The molecule has 3 atom stereocenters. The monoisotopic (exact) mass is 434 g/mol. The maximum absolute atomic E-state index is 12.5. The summed E-state index contributed by atoms with van der Waals surface area (Å²) >= 11 is 0. The second-order valence-corrected chi connectivity index (χ2v) is 7.93. The van der Waals surface area contributed by atoms with Crippen LogP contribution in [0.5, 0.6) is 5.75 Å². The fraction of sp³-hybridized carbons (Fsp3) is 0.524. The largest absolute Gasteiger partial charge is 0.508 e. The van der Waals surface area contributed by atoms with Crippen LogP contribution in [0.1, 0.15) is 32.3 Å². The summed E-state index contributed by atoms with van der Waals surface area (Å²) in [5.41, 5.74) is 0.623. The van der Waals surface area contributed by atoms with Crippen molar-refractivity contribution in [1.29, 1.82) is 0 Å². The summed E-state index contributed by atoms with van der Waals surface area (Å²) in [5, 5.41) is 29.3. The van der Waals surface area contributed by atoms with E-state index in [2.05, 4.69) is 21.3 Å². The van der Waals surface area contributed by atoms with Gasteiger partial charge in [0.15, 0.2) is 0 Å². The SMILES string of the molecule is CC(C)C(NC(=O)C1CCCN1)C(=O)NCC(=O)NC(Cc1ccc(O)cc1)C(=O)O. The third-order valence-electron chi connectivity index (χ3n) is 5.06. The molecule has 2 rings (SSSR count). The predicted molar refractivity (Wildman–Crippen MR) is 112 cm³/mol. The Kier molecular flexibility index (Phi) is 8.80. The van der Waals surface area contributed by atoms with Crippen LogP contribution < -0.4 is 21.3 Å². The molecule has 1 aliphatic heterocycles. The molecule has 1 saturated heterocycles. The van der Waals surface area contributed by atoms with Gasteiger partial charge < -0.3 is 31.5 Å². The number of phenols is 1. The second-order valence-electron chi connectivity index (χ2n) is 7.93. The van der Waals surface area contributed by atoms with E-state index in [0.717, 1.165) is 13.0 Å². The Morgan fingerprint density at radius 3 is 2.35 bits per heavy atom. The van der Waals surface area contributed by atoms with Gasteiger partial charge >= 0.3 is 5.97 Å². The van der Waals surface area contributed by atoms with Gasteiger partial charge in [0.1, 0.15) is 17.8 Å². The molecule has 0 aromatic heterocycles. The summed E-state index contributed by atoms with van der Waals surface area (Å²) in [7, 11) is 0. The lowest BCUT2D eigenvalue weighted by atomic mass is 10.0. The first-order chi connectivity index (χ1) is 14.7. The average Bonchev–Trinajstić information content (AvgIpc) is 3.26. The first-order valence-electron chi connectivity index (χ1n) is 10.3. The highest BCUT2D eigenvalue weighted by Gasteiger charge is 2.29. The molecule has 1 aliphatic rings. The zero-order chi connectivity index (χ0) is 23.0. The van der Waals surface area contributed by atoms with Crippen LogP contribution in [0.2, 0.25) is 0 Å². The van der Waals surface area contributed by atoms with Crippen molar-refractivity contribution in [3.05, 3.63) is 29.8 Å². The van der Waals surface area contributed by atoms with E-state index >= 15 is 0 Å². The summed E-state index contributed by atoms with van der Waals surface area (Å²) in [6.45, 7) is 3.90. The van der Waals surface area contributed by atoms with Crippen LogP contribution in [0.25, 0.3) is 0 Å². The fourth-order valence-corrected chi connectivity index (χ4v) is 3.29. The maximum atomic E-state index is 12.5. The van der Waals surface area contributed by atoms with Crippen LogP contribution in [-0.2, 0) is 25.6 Å². The van der Waals surface area contributed by atoms with Gasteiger partial charge in [-0.1, -0.05) is 26.0 Å². The molecule has 1 aromatic carbocycles. The Morgan fingerprint density at radius 2 is 1.81 bits per heavy atom. The van der Waals surface area contributed by atoms with Crippen molar-refractivity contribution in [2.24, 2.45) is 5.92 Å². The standard InChI is InChI=1S/C21H30N4O6/c1-12(2)18(25-19(28)15-4-3-9-22-15)20(29)23-11-17(27)24-16(21(30)31)10-13-5-7-14(26)8-6-13/h5-8,12,15-16,18,22,26H,3-4,9-11H2,1-2H3,(H,23,29)(H,24,27)(H,25,28)(H,30,31). The van der Waals surface area contributed by atoms with E-state index in [9.17, 15) is 29.4 Å². The Labute approximate surface area is 180 Å². The topological polar surface area (TPSA) is 157 Å². The van der Waals surface area contributed by atoms with Gasteiger partial charge in [0.25, 0.3) is 0 Å². The summed E-state index contributed by atoms with van der Waals surface area (Å²) in [6, 6.07) is 3.66. The van der Waals surface area contributed by atoms with Gasteiger partial charge in [0.05, 0.1) is 12.6 Å². The van der Waals surface area contributed by atoms with Crippen LogP contribution in [0.3, 0.4) is 0 Å². The predicted octanol–water partition coefficient (Wildman–Crippen LogP) is -0.487. The molecule has 3 amide bonds. The number of carbonyl (C=O) groups is 4. The van der Waals surface area contributed by atoms with E-state index in [1.54, 1.807) is 26.0 Å². The molecule has 6 N–H and O–H groups in total. The quantitative estimate of drug-likeness (QED) is 0.290. The second kappa shape index (κ2) is 11.3. The Bertz CT molecular complexity index is 790. The molecule has 31 heavy (non-hydrogen) atoms. The number of carbonyl (C=O) groups excluding carboxylic acids is 3. The highest BCUT2D eigenvalue weighted by atomic mass is 16.4. The Balaban J connectivity index is 1.87. The number of phenolic OH excluding ortho intramolecular Hbond substituents is 1. The number of benzene rings is 1. The van der Waals surface area contributed by atoms with Gasteiger partial charge in [-0.15, -0.1) is 0 Å². The Morgan fingerprint density at radius 1 is 1.13 bits per heavy atom. The van der Waals surface area contributed by atoms with Crippen molar-refractivity contribution < 1.29 is 29.4 Å². The minimum absolute atomic E-state index is 0.0222. The van der Waals surface area contributed by atoms with Crippen molar-refractivity contribution in [1.82, 2.24) is 21.3 Å². The molecular weight excluding hydrogens is 404 g/mol. The van der Waals surface area contributed by atoms with Crippen molar-refractivity contribution in [2.45, 2.75) is 51.2 Å². The smallest absolute Gasteiger partial charge is 0.326 e. The minimum atomic E-state index is -1.22. The number of hydrogen-bond acceptors (Lipinski definition) is 6. The molecule has 170 valence electrons. The average molecular weight is 434 g/mol. The minimum Gasteiger partial charge on any atom is -0.508 e. The first-order valence-corrected chi connectivity index (χ1v) is 10.3. The number of carboxylic acid groups (broad SMARTS) is 1. The fourth-order valence-electron chi connectivity index (χ4n) is 3.29. The molecule has 10 heteroatoms. The third kappa shape index (κ3) is 7.56. The lowest BCUT2D eigenvalue weighted by molar-refractivity contribution is -0.141. The number of aliphatic carboxylic acids is 1. The van der Waals surface area contributed by atoms with Crippen molar-refractivity contribution in [3.8, 4) is 5.75 Å². The number of rotatable bonds is 10. The van der Waals surface area contributed by atoms with Crippen LogP contribution >= 0.6 is 0 Å². The zero-order valence-corrected chi connectivity index (χ0v) is 17.7. The third-order valence-corrected chi connectivity index (χ3v) is 5.06. The van der Waals surface area contributed by atoms with Crippen LogP contribution in [0.4, 0.5) is 0 Å². The molecule has 0 aliphatic carbocycles. The molecular formula is C21H30N4O6. The molecule has 0 bridgehead atoms. The molecule has 0 spiro atoms. The number of nitrogens with one attached hydrogen (secondary N) is 4. The summed E-state index contributed by atoms with van der Waals surface area (Å²) in [6.07, 6.45) is 1.62. The Hall–Kier alpha value is -3.14. The van der Waals surface area contributed by atoms with Gasteiger partial charge in [-0.2, -0.15) is 0 Å². The van der Waals surface area contributed by atoms with E-state index in [0.29, 0.717) is 12.0 Å². The molecule has 0 saturated carbocycles. The number of amides is 3. The normalized spacial score (nSPS) is 17.6. The summed E-state index contributed by atoms with van der Waals surface area (Å²) < 4.78 is 0. The van der Waals surface area contributed by atoms with Crippen molar-refractivity contribution in [2.75, 3.05) is 13.1 Å². The number of aromatic hydroxyl groups is 1. The van der Waals surface area contributed by atoms with Crippen molar-refractivity contribution in [3.63, 3.8) is 0 Å². The number of carboxylic acids is 1. The van der Waals surface area contributed by atoms with Gasteiger partial charge in [0.2, 0.25) is 17.7 Å². The van der Waals surface area contributed by atoms with Crippen LogP contribution in [-0.4, -0.2) is 65.1 Å². The van der Waals surface area contributed by atoms with E-state index in [-0.39, 0.29) is 30.0 Å². The van der Waals surface area contributed by atoms with Gasteiger partial charge in [-0.25, -0.2) is 4.79 Å². The molecule has 1 aromatic rings. The molecule has 10 nitrogen and oxygen atoms in total. The number of hydrogen-bond donors (Lipinski definition) is 6. The zero-order valence-electron chi connectivity index (χ0n) is 17.7. The van der Waals surface area contributed by atoms with E-state index in [1.807, 2.05) is 0 Å². The van der Waals surface area contributed by atoms with Crippen molar-refractivity contribution >= 4 is 23.7 Å². The van der Waals surface area contributed by atoms with Gasteiger partial charge in [-0.3, -0.25) is 14.4 Å². The van der Waals surface area contributed by atoms with E-state index < -0.39 is 36.4 Å². The highest BCUT2D eigenvalue weighted by molar-refractivity contribution is 5.92.